The molecule has 0 heterocycles. The summed E-state index contributed by atoms with van der Waals surface area (Å²) >= 11 is 0. The Kier molecular flexibility index (Phi) is 25.7. The number of ether oxygens (including phenoxy) is 1. The summed E-state index contributed by atoms with van der Waals surface area (Å²) in [6.45, 7) is 21.3. The molecule has 1 aromatic rings. The molecular formula is C34H58N4O4. The van der Waals surface area contributed by atoms with Gasteiger partial charge < -0.3 is 25.6 Å². The van der Waals surface area contributed by atoms with Gasteiger partial charge in [0.2, 0.25) is 18.2 Å². The quantitative estimate of drug-likeness (QED) is 0.121. The fourth-order valence-electron chi connectivity index (χ4n) is 3.69. The summed E-state index contributed by atoms with van der Waals surface area (Å²) in [5, 5.41) is 8.76. The number of rotatable bonds is 18. The molecule has 0 bridgehead atoms. The minimum Gasteiger partial charge on any atom is -0.489 e. The van der Waals surface area contributed by atoms with Crippen molar-refractivity contribution in [3.8, 4) is 5.75 Å². The highest BCUT2D eigenvalue weighted by Gasteiger charge is 2.28. The number of hydrogen-bond donors (Lipinski definition) is 3. The van der Waals surface area contributed by atoms with Crippen LogP contribution in [0.25, 0.3) is 0 Å². The fraction of sp³-hybridized carbons (Fsp3) is 0.559. The summed E-state index contributed by atoms with van der Waals surface area (Å²) in [6, 6.07) is 7.48. The van der Waals surface area contributed by atoms with Crippen LogP contribution in [0.15, 0.2) is 60.7 Å². The van der Waals surface area contributed by atoms with Gasteiger partial charge in [-0.25, -0.2) is 0 Å². The number of allylic oxidation sites excluding steroid dienone is 5. The van der Waals surface area contributed by atoms with Gasteiger partial charge in [-0.2, -0.15) is 0 Å². The summed E-state index contributed by atoms with van der Waals surface area (Å²) in [6.07, 6.45) is 10.7. The van der Waals surface area contributed by atoms with Crippen LogP contribution < -0.4 is 20.7 Å². The Labute approximate surface area is 256 Å². The largest absolute Gasteiger partial charge is 0.489 e. The van der Waals surface area contributed by atoms with Gasteiger partial charge in [0, 0.05) is 26.7 Å². The van der Waals surface area contributed by atoms with Gasteiger partial charge >= 0.3 is 0 Å². The van der Waals surface area contributed by atoms with Crippen molar-refractivity contribution in [2.45, 2.75) is 86.8 Å². The predicted molar refractivity (Wildman–Crippen MR) is 177 cm³/mol. The van der Waals surface area contributed by atoms with Gasteiger partial charge in [-0.15, -0.1) is 0 Å². The molecule has 8 heteroatoms. The fourth-order valence-corrected chi connectivity index (χ4v) is 3.69. The SMILES string of the molecule is C=C/C=C\C=C(C)C.CC.CCNC(=O)CN(C)C(=O)C(NC[C@@H](C)Oc1ccccc1CCCNC=O)C(C)CC. The van der Waals surface area contributed by atoms with E-state index in [2.05, 4.69) is 36.4 Å². The molecule has 0 aromatic heterocycles. The topological polar surface area (TPSA) is 99.8 Å². The number of nitrogens with one attached hydrogen (secondary N) is 3. The Bertz CT molecular complexity index is 941. The van der Waals surface area contributed by atoms with E-state index in [1.165, 1.54) is 10.5 Å². The highest BCUT2D eigenvalue weighted by molar-refractivity contribution is 5.87. The minimum atomic E-state index is -0.393. The monoisotopic (exact) mass is 586 g/mol. The van der Waals surface area contributed by atoms with E-state index in [4.69, 9.17) is 4.74 Å². The van der Waals surface area contributed by atoms with Crippen LogP contribution in [-0.4, -0.2) is 68.5 Å². The van der Waals surface area contributed by atoms with Crippen LogP contribution in [0.4, 0.5) is 0 Å². The van der Waals surface area contributed by atoms with Crippen LogP contribution in [0.3, 0.4) is 0 Å². The summed E-state index contributed by atoms with van der Waals surface area (Å²) in [5.74, 6) is 0.667. The van der Waals surface area contributed by atoms with Gasteiger partial charge in [0.05, 0.1) is 12.6 Å². The second kappa shape index (κ2) is 26.5. The number of nitrogens with zero attached hydrogens (tertiary/aromatic N) is 1. The zero-order chi connectivity index (χ0) is 32.3. The summed E-state index contributed by atoms with van der Waals surface area (Å²) < 4.78 is 6.16. The average Bonchev–Trinajstić information content (AvgIpc) is 2.97. The molecule has 0 saturated heterocycles. The zero-order valence-electron chi connectivity index (χ0n) is 27.7. The van der Waals surface area contributed by atoms with Crippen molar-refractivity contribution in [3.63, 3.8) is 0 Å². The van der Waals surface area contributed by atoms with Gasteiger partial charge in [0.1, 0.15) is 11.9 Å². The maximum atomic E-state index is 13.0. The molecule has 1 aromatic carbocycles. The molecule has 238 valence electrons. The normalized spacial score (nSPS) is 12.2. The lowest BCUT2D eigenvalue weighted by atomic mass is 9.97. The Morgan fingerprint density at radius 3 is 2.33 bits per heavy atom. The lowest BCUT2D eigenvalue weighted by Crippen LogP contribution is -2.52. The Balaban J connectivity index is 0. The number of carbonyl (C=O) groups is 3. The maximum absolute atomic E-state index is 13.0. The number of hydrogen-bond acceptors (Lipinski definition) is 5. The van der Waals surface area contributed by atoms with E-state index in [9.17, 15) is 14.4 Å². The smallest absolute Gasteiger partial charge is 0.240 e. The second-order valence-electron chi connectivity index (χ2n) is 10.00. The zero-order valence-corrected chi connectivity index (χ0v) is 27.7. The first kappa shape index (κ1) is 40.7. The molecule has 0 aliphatic heterocycles. The van der Waals surface area contributed by atoms with Crippen LogP contribution >= 0.6 is 0 Å². The highest BCUT2D eigenvalue weighted by Crippen LogP contribution is 2.21. The van der Waals surface area contributed by atoms with Gasteiger partial charge in [-0.3, -0.25) is 14.4 Å². The third-order valence-electron chi connectivity index (χ3n) is 6.06. The molecule has 0 spiro atoms. The molecule has 0 aliphatic carbocycles. The molecular weight excluding hydrogens is 528 g/mol. The van der Waals surface area contributed by atoms with E-state index in [0.29, 0.717) is 26.0 Å². The van der Waals surface area contributed by atoms with Gasteiger partial charge in [-0.1, -0.05) is 88.8 Å². The van der Waals surface area contributed by atoms with E-state index in [1.54, 1.807) is 13.1 Å². The van der Waals surface area contributed by atoms with Crippen LogP contribution in [0.1, 0.15) is 73.8 Å². The summed E-state index contributed by atoms with van der Waals surface area (Å²) in [4.78, 5) is 36.7. The molecule has 42 heavy (non-hydrogen) atoms. The van der Waals surface area contributed by atoms with Gasteiger partial charge in [0.15, 0.2) is 0 Å². The van der Waals surface area contributed by atoms with E-state index in [0.717, 1.165) is 30.6 Å². The molecule has 3 amide bonds. The standard InChI is InChI=1S/C24H40N4O4.C8H12.C2H6/c1-6-18(3)23(24(31)28(5)16-22(30)26-7-2)27-15-19(4)32-21-13-9-8-11-20(21)12-10-14-25-17-29;1-4-5-6-7-8(2)3;1-2/h8-9,11,13,17-19,23,27H,6-7,10,12,14-16H2,1-5H3,(H,25,29)(H,26,30);4-7H,1H2,2-3H3;1-2H3/b;6-5-;/t18?,19-,23?;;/m1../s1. The van der Waals surface area contributed by atoms with Crippen molar-refractivity contribution in [3.05, 3.63) is 66.3 Å². The summed E-state index contributed by atoms with van der Waals surface area (Å²) in [5.41, 5.74) is 2.39. The lowest BCUT2D eigenvalue weighted by Gasteiger charge is -2.29. The van der Waals surface area contributed by atoms with Crippen LogP contribution in [-0.2, 0) is 20.8 Å². The molecule has 8 nitrogen and oxygen atoms in total. The van der Waals surface area contributed by atoms with Crippen LogP contribution in [0.2, 0.25) is 0 Å². The number of aryl methyl sites for hydroxylation is 1. The first-order valence-corrected chi connectivity index (χ1v) is 15.2. The molecule has 3 N–H and O–H groups in total. The first-order chi connectivity index (χ1) is 20.1. The van der Waals surface area contributed by atoms with Crippen molar-refractivity contribution in [1.82, 2.24) is 20.9 Å². The van der Waals surface area contributed by atoms with Crippen molar-refractivity contribution in [2.24, 2.45) is 5.92 Å². The van der Waals surface area contributed by atoms with Gasteiger partial charge in [-0.05, 0) is 58.1 Å². The second-order valence-corrected chi connectivity index (χ2v) is 10.00. The number of carbonyl (C=O) groups excluding carboxylic acids is 3. The van der Waals surface area contributed by atoms with Crippen molar-refractivity contribution in [1.29, 1.82) is 0 Å². The maximum Gasteiger partial charge on any atom is 0.240 e. The molecule has 0 radical (unpaired) electrons. The van der Waals surface area contributed by atoms with Crippen LogP contribution in [0, 0.1) is 5.92 Å². The number of amides is 3. The third kappa shape index (κ3) is 19.6. The Morgan fingerprint density at radius 1 is 1.10 bits per heavy atom. The predicted octanol–water partition coefficient (Wildman–Crippen LogP) is 5.45. The molecule has 3 atom stereocenters. The highest BCUT2D eigenvalue weighted by atomic mass is 16.5. The molecule has 0 saturated carbocycles. The van der Waals surface area contributed by atoms with Crippen molar-refractivity contribution in [2.75, 3.05) is 33.2 Å². The van der Waals surface area contributed by atoms with Crippen LogP contribution in [0.5, 0.6) is 5.75 Å². The number of benzene rings is 1. The first-order valence-electron chi connectivity index (χ1n) is 15.2. The van der Waals surface area contributed by atoms with Gasteiger partial charge in [0.25, 0.3) is 0 Å². The molecule has 0 aliphatic rings. The van der Waals surface area contributed by atoms with Crippen molar-refractivity contribution < 1.29 is 19.1 Å². The molecule has 0 fully saturated rings. The average molecular weight is 587 g/mol. The third-order valence-corrected chi connectivity index (χ3v) is 6.06. The molecule has 2 unspecified atom stereocenters. The van der Waals surface area contributed by atoms with E-state index >= 15 is 0 Å². The number of likely N-dealkylation sites (N-methyl/N-ethyl adjacent to an activating group) is 2. The van der Waals surface area contributed by atoms with E-state index in [-0.39, 0.29) is 30.4 Å². The number of para-hydroxylation sites is 1. The minimum absolute atomic E-state index is 0.0413. The summed E-state index contributed by atoms with van der Waals surface area (Å²) in [7, 11) is 1.66. The Morgan fingerprint density at radius 2 is 1.76 bits per heavy atom. The Hall–Kier alpha value is -3.39. The van der Waals surface area contributed by atoms with E-state index in [1.807, 2.05) is 84.0 Å². The van der Waals surface area contributed by atoms with Crippen molar-refractivity contribution >= 4 is 18.2 Å². The molecule has 1 rings (SSSR count). The lowest BCUT2D eigenvalue weighted by molar-refractivity contribution is -0.137. The van der Waals surface area contributed by atoms with E-state index < -0.39 is 6.04 Å².